The number of hydrogen-bond acceptors (Lipinski definition) is 2. The molecule has 0 radical (unpaired) electrons. The lowest BCUT2D eigenvalue weighted by atomic mass is 9.82. The van der Waals surface area contributed by atoms with Gasteiger partial charge in [-0.3, -0.25) is 4.79 Å². The lowest BCUT2D eigenvalue weighted by molar-refractivity contribution is -0.137. The highest BCUT2D eigenvalue weighted by Gasteiger charge is 2.45. The standard InChI is InChI=1S/C15H26N2O.ClH/c1-2-15(8-5-9-16-15)14(18)17-10-12-6-3-4-7-13(12)11-17;/h12-13,16H,2-11H2,1H3;1H. The molecule has 3 rings (SSSR count). The van der Waals surface area contributed by atoms with E-state index in [2.05, 4.69) is 17.1 Å². The van der Waals surface area contributed by atoms with Gasteiger partial charge in [0.05, 0.1) is 5.54 Å². The molecule has 3 fully saturated rings. The van der Waals surface area contributed by atoms with Gasteiger partial charge in [0.25, 0.3) is 0 Å². The van der Waals surface area contributed by atoms with E-state index in [0.717, 1.165) is 50.7 Å². The number of carbonyl (C=O) groups is 1. The van der Waals surface area contributed by atoms with Crippen LogP contribution in [0.15, 0.2) is 0 Å². The van der Waals surface area contributed by atoms with Crippen molar-refractivity contribution in [3.8, 4) is 0 Å². The van der Waals surface area contributed by atoms with Crippen molar-refractivity contribution in [1.29, 1.82) is 0 Å². The molecule has 1 aliphatic carbocycles. The van der Waals surface area contributed by atoms with E-state index in [0.29, 0.717) is 5.91 Å². The van der Waals surface area contributed by atoms with Gasteiger partial charge in [-0.2, -0.15) is 0 Å². The molecule has 1 amide bonds. The molecule has 110 valence electrons. The summed E-state index contributed by atoms with van der Waals surface area (Å²) >= 11 is 0. The van der Waals surface area contributed by atoms with Crippen molar-refractivity contribution in [2.24, 2.45) is 11.8 Å². The molecule has 19 heavy (non-hydrogen) atoms. The highest BCUT2D eigenvalue weighted by atomic mass is 35.5. The van der Waals surface area contributed by atoms with Crippen LogP contribution in [0.2, 0.25) is 0 Å². The number of fused-ring (bicyclic) bond motifs is 1. The van der Waals surface area contributed by atoms with Crippen LogP contribution in [0.3, 0.4) is 0 Å². The number of nitrogens with zero attached hydrogens (tertiary/aromatic N) is 1. The maximum atomic E-state index is 12.8. The van der Waals surface area contributed by atoms with Gasteiger partial charge >= 0.3 is 0 Å². The molecule has 1 N–H and O–H groups in total. The van der Waals surface area contributed by atoms with E-state index in [1.165, 1.54) is 25.7 Å². The van der Waals surface area contributed by atoms with E-state index in [-0.39, 0.29) is 17.9 Å². The van der Waals surface area contributed by atoms with Gasteiger partial charge in [-0.1, -0.05) is 19.8 Å². The molecular weight excluding hydrogens is 260 g/mol. The van der Waals surface area contributed by atoms with E-state index < -0.39 is 0 Å². The molecule has 3 atom stereocenters. The number of carbonyl (C=O) groups excluding carboxylic acids is 1. The van der Waals surface area contributed by atoms with Crippen LogP contribution < -0.4 is 5.32 Å². The fraction of sp³-hybridized carbons (Fsp3) is 0.933. The Balaban J connectivity index is 0.00000133. The molecular formula is C15H27ClN2O. The first kappa shape index (κ1) is 15.1. The Morgan fingerprint density at radius 2 is 1.84 bits per heavy atom. The van der Waals surface area contributed by atoms with E-state index in [1.807, 2.05) is 0 Å². The van der Waals surface area contributed by atoms with E-state index in [1.54, 1.807) is 0 Å². The molecule has 3 aliphatic rings. The van der Waals surface area contributed by atoms with Crippen LogP contribution in [0.1, 0.15) is 51.9 Å². The van der Waals surface area contributed by atoms with Crippen molar-refractivity contribution in [3.63, 3.8) is 0 Å². The summed E-state index contributed by atoms with van der Waals surface area (Å²) in [6, 6.07) is 0. The number of amides is 1. The first-order valence-corrected chi connectivity index (χ1v) is 7.79. The number of halogens is 1. The molecule has 2 heterocycles. The van der Waals surface area contributed by atoms with Gasteiger partial charge in [0.15, 0.2) is 0 Å². The third-order valence-electron chi connectivity index (χ3n) is 5.52. The van der Waals surface area contributed by atoms with Crippen LogP contribution in [0.4, 0.5) is 0 Å². The Labute approximate surface area is 122 Å². The SMILES string of the molecule is CCC1(C(=O)N2CC3CCCCC3C2)CCCN1.Cl. The average Bonchev–Trinajstić information content (AvgIpc) is 3.05. The molecule has 0 bridgehead atoms. The molecule has 2 saturated heterocycles. The maximum absolute atomic E-state index is 12.8. The third kappa shape index (κ3) is 2.64. The average molecular weight is 287 g/mol. The summed E-state index contributed by atoms with van der Waals surface area (Å²) in [5.74, 6) is 2.01. The Hall–Kier alpha value is -0.280. The first-order valence-electron chi connectivity index (χ1n) is 7.79. The van der Waals surface area contributed by atoms with Gasteiger partial charge < -0.3 is 10.2 Å². The second-order valence-electron chi connectivity index (χ2n) is 6.48. The molecule has 3 unspecified atom stereocenters. The summed E-state index contributed by atoms with van der Waals surface area (Å²) in [6.45, 7) is 5.24. The van der Waals surface area contributed by atoms with Crippen molar-refractivity contribution >= 4 is 18.3 Å². The van der Waals surface area contributed by atoms with Gasteiger partial charge in [0.1, 0.15) is 0 Å². The fourth-order valence-corrected chi connectivity index (χ4v) is 4.32. The Morgan fingerprint density at radius 3 is 2.32 bits per heavy atom. The number of nitrogens with one attached hydrogen (secondary N) is 1. The molecule has 4 heteroatoms. The normalized spacial score (nSPS) is 37.8. The minimum absolute atomic E-state index is 0. The molecule has 3 nitrogen and oxygen atoms in total. The summed E-state index contributed by atoms with van der Waals surface area (Å²) in [5.41, 5.74) is -0.215. The minimum atomic E-state index is -0.215. The largest absolute Gasteiger partial charge is 0.341 e. The van der Waals surface area contributed by atoms with Crippen LogP contribution >= 0.6 is 12.4 Å². The first-order chi connectivity index (χ1) is 8.75. The highest BCUT2D eigenvalue weighted by molar-refractivity contribution is 5.87. The van der Waals surface area contributed by atoms with Crippen LogP contribution in [0, 0.1) is 11.8 Å². The smallest absolute Gasteiger partial charge is 0.242 e. The summed E-state index contributed by atoms with van der Waals surface area (Å²) in [6.07, 6.45) is 8.58. The fourth-order valence-electron chi connectivity index (χ4n) is 4.32. The molecule has 0 aromatic heterocycles. The van der Waals surface area contributed by atoms with Crippen molar-refractivity contribution < 1.29 is 4.79 Å². The van der Waals surface area contributed by atoms with Crippen molar-refractivity contribution in [3.05, 3.63) is 0 Å². The second kappa shape index (κ2) is 6.01. The van der Waals surface area contributed by atoms with Gasteiger partial charge in [-0.15, -0.1) is 12.4 Å². The molecule has 0 aromatic rings. The molecule has 0 spiro atoms. The lowest BCUT2D eigenvalue weighted by Gasteiger charge is -2.31. The predicted octanol–water partition coefficient (Wildman–Crippen LogP) is 2.59. The lowest BCUT2D eigenvalue weighted by Crippen LogP contribution is -2.54. The zero-order valence-electron chi connectivity index (χ0n) is 12.0. The Kier molecular flexibility index (Phi) is 4.78. The van der Waals surface area contributed by atoms with Crippen LogP contribution in [0.5, 0.6) is 0 Å². The second-order valence-corrected chi connectivity index (χ2v) is 6.48. The molecule has 2 aliphatic heterocycles. The van der Waals surface area contributed by atoms with Crippen molar-refractivity contribution in [2.45, 2.75) is 57.4 Å². The zero-order chi connectivity index (χ0) is 12.6. The molecule has 1 saturated carbocycles. The van der Waals surface area contributed by atoms with Gasteiger partial charge in [-0.25, -0.2) is 0 Å². The number of likely N-dealkylation sites (tertiary alicyclic amines) is 1. The van der Waals surface area contributed by atoms with Gasteiger partial charge in [0.2, 0.25) is 5.91 Å². The zero-order valence-corrected chi connectivity index (χ0v) is 12.8. The van der Waals surface area contributed by atoms with Crippen molar-refractivity contribution in [1.82, 2.24) is 10.2 Å². The Bertz CT molecular complexity index is 314. The van der Waals surface area contributed by atoms with Crippen molar-refractivity contribution in [2.75, 3.05) is 19.6 Å². The topological polar surface area (TPSA) is 32.3 Å². The maximum Gasteiger partial charge on any atom is 0.242 e. The monoisotopic (exact) mass is 286 g/mol. The van der Waals surface area contributed by atoms with E-state index in [9.17, 15) is 4.79 Å². The predicted molar refractivity (Wildman–Crippen MR) is 79.5 cm³/mol. The summed E-state index contributed by atoms with van der Waals surface area (Å²) in [5, 5.41) is 3.49. The van der Waals surface area contributed by atoms with Gasteiger partial charge in [-0.05, 0) is 50.5 Å². The van der Waals surface area contributed by atoms with Gasteiger partial charge in [0, 0.05) is 13.1 Å². The highest BCUT2D eigenvalue weighted by Crippen LogP contribution is 2.38. The van der Waals surface area contributed by atoms with E-state index in [4.69, 9.17) is 0 Å². The third-order valence-corrected chi connectivity index (χ3v) is 5.52. The van der Waals surface area contributed by atoms with Crippen LogP contribution in [0.25, 0.3) is 0 Å². The van der Waals surface area contributed by atoms with Crippen LogP contribution in [-0.4, -0.2) is 36.0 Å². The summed E-state index contributed by atoms with van der Waals surface area (Å²) < 4.78 is 0. The molecule has 0 aromatic carbocycles. The number of hydrogen-bond donors (Lipinski definition) is 1. The van der Waals surface area contributed by atoms with Crippen LogP contribution in [-0.2, 0) is 4.79 Å². The summed E-state index contributed by atoms with van der Waals surface area (Å²) in [4.78, 5) is 15.0. The Morgan fingerprint density at radius 1 is 1.21 bits per heavy atom. The summed E-state index contributed by atoms with van der Waals surface area (Å²) in [7, 11) is 0. The minimum Gasteiger partial charge on any atom is -0.341 e. The number of rotatable bonds is 2. The van der Waals surface area contributed by atoms with E-state index >= 15 is 0 Å². The quantitative estimate of drug-likeness (QED) is 0.846.